The molecule has 3 aromatic rings. The van der Waals surface area contributed by atoms with E-state index in [0.717, 1.165) is 5.69 Å². The van der Waals surface area contributed by atoms with Crippen LogP contribution in [0.2, 0.25) is 0 Å². The Bertz CT molecular complexity index is 946. The van der Waals surface area contributed by atoms with Crippen molar-refractivity contribution in [3.8, 4) is 0 Å². The van der Waals surface area contributed by atoms with Gasteiger partial charge in [0.2, 0.25) is 5.91 Å². The summed E-state index contributed by atoms with van der Waals surface area (Å²) in [6, 6.07) is 4.36. The van der Waals surface area contributed by atoms with Gasteiger partial charge in [-0.1, -0.05) is 0 Å². The minimum atomic E-state index is -0.565. The summed E-state index contributed by atoms with van der Waals surface area (Å²) in [7, 11) is 0. The Morgan fingerprint density at radius 1 is 1.33 bits per heavy atom. The molecule has 7 nitrogen and oxygen atoms in total. The summed E-state index contributed by atoms with van der Waals surface area (Å²) in [5, 5.41) is 10.3. The minimum absolute atomic E-state index is 0.0256. The molecule has 2 aromatic heterocycles. The Hall–Kier alpha value is -2.87. The van der Waals surface area contributed by atoms with Crippen LogP contribution in [0, 0.1) is 11.7 Å². The molecule has 1 amide bonds. The average Bonchev–Trinajstić information content (AvgIpc) is 3.23. The number of β-amino-alcohol motifs (C(OH)–C–C–N with tert-alkyl or cyclic N) is 1. The molecule has 8 heteroatoms. The van der Waals surface area contributed by atoms with Crippen LogP contribution >= 0.6 is 0 Å². The average molecular weight is 369 g/mol. The molecule has 0 bridgehead atoms. The molecule has 2 N–H and O–H groups in total. The smallest absolute Gasteiger partial charge is 0.223 e. The lowest BCUT2D eigenvalue weighted by Gasteiger charge is -2.15. The van der Waals surface area contributed by atoms with Crippen LogP contribution in [-0.4, -0.2) is 55.0 Å². The van der Waals surface area contributed by atoms with E-state index in [1.165, 1.54) is 12.1 Å². The number of hydrogen-bond acceptors (Lipinski definition) is 5. The van der Waals surface area contributed by atoms with Gasteiger partial charge < -0.3 is 15.0 Å². The number of H-pyrrole nitrogens is 1. The third kappa shape index (κ3) is 3.95. The number of aryl methyl sites for hydroxylation is 1. The molecule has 0 unspecified atom stereocenters. The highest BCUT2D eigenvalue weighted by molar-refractivity contribution is 5.77. The van der Waals surface area contributed by atoms with Gasteiger partial charge in [-0.15, -0.1) is 0 Å². The lowest BCUT2D eigenvalue weighted by atomic mass is 10.0. The second-order valence-electron chi connectivity index (χ2n) is 6.87. The van der Waals surface area contributed by atoms with Crippen LogP contribution in [0.5, 0.6) is 0 Å². The van der Waals surface area contributed by atoms with Gasteiger partial charge in [0.05, 0.1) is 22.8 Å². The molecule has 0 spiro atoms. The van der Waals surface area contributed by atoms with E-state index in [2.05, 4.69) is 19.9 Å². The van der Waals surface area contributed by atoms with Gasteiger partial charge in [-0.3, -0.25) is 14.8 Å². The number of carbonyl (C=O) groups is 1. The van der Waals surface area contributed by atoms with Gasteiger partial charge >= 0.3 is 0 Å². The number of benzene rings is 1. The first-order chi connectivity index (χ1) is 13.1. The first-order valence-corrected chi connectivity index (χ1v) is 8.93. The number of nitrogens with zero attached hydrogens (tertiary/aromatic N) is 4. The van der Waals surface area contributed by atoms with Crippen molar-refractivity contribution in [3.63, 3.8) is 0 Å². The normalized spacial score (nSPS) is 19.7. The van der Waals surface area contributed by atoms with Crippen molar-refractivity contribution in [2.45, 2.75) is 25.4 Å². The quantitative estimate of drug-likeness (QED) is 0.710. The van der Waals surface area contributed by atoms with Crippen LogP contribution in [0.4, 0.5) is 4.39 Å². The number of aromatic amines is 1. The zero-order valence-electron chi connectivity index (χ0n) is 14.7. The van der Waals surface area contributed by atoms with Crippen molar-refractivity contribution in [2.75, 3.05) is 13.1 Å². The lowest BCUT2D eigenvalue weighted by molar-refractivity contribution is -0.130. The maximum absolute atomic E-state index is 13.3. The van der Waals surface area contributed by atoms with E-state index < -0.39 is 6.10 Å². The van der Waals surface area contributed by atoms with E-state index in [0.29, 0.717) is 42.8 Å². The van der Waals surface area contributed by atoms with Gasteiger partial charge in [0.15, 0.2) is 0 Å². The zero-order valence-corrected chi connectivity index (χ0v) is 14.7. The van der Waals surface area contributed by atoms with Crippen molar-refractivity contribution >= 4 is 16.9 Å². The van der Waals surface area contributed by atoms with Crippen molar-refractivity contribution in [1.29, 1.82) is 0 Å². The molecule has 1 fully saturated rings. The topological polar surface area (TPSA) is 95.0 Å². The van der Waals surface area contributed by atoms with Crippen molar-refractivity contribution < 1.29 is 14.3 Å². The summed E-state index contributed by atoms with van der Waals surface area (Å²) in [5.74, 6) is 0.260. The fourth-order valence-corrected chi connectivity index (χ4v) is 3.50. The van der Waals surface area contributed by atoms with Gasteiger partial charge in [-0.05, 0) is 24.6 Å². The standard InChI is InChI=1S/C19H20FN5O2/c20-13-1-2-15-16(8-13)24-18(23-15)3-4-19(27)25-10-12(17(26)11-25)7-14-9-21-5-6-22-14/h1-2,5-6,8-9,12,17,26H,3-4,7,10-11H2,(H,23,24)/t12-,17-/m1/s1. The summed E-state index contributed by atoms with van der Waals surface area (Å²) in [6.07, 6.45) is 5.67. The molecule has 1 aliphatic heterocycles. The maximum Gasteiger partial charge on any atom is 0.223 e. The van der Waals surface area contributed by atoms with Crippen LogP contribution in [0.25, 0.3) is 11.0 Å². The number of carbonyl (C=O) groups excluding carboxylic acids is 1. The van der Waals surface area contributed by atoms with Crippen molar-refractivity contribution in [1.82, 2.24) is 24.8 Å². The molecule has 0 radical (unpaired) electrons. The Morgan fingerprint density at radius 2 is 2.22 bits per heavy atom. The number of rotatable bonds is 5. The third-order valence-corrected chi connectivity index (χ3v) is 4.92. The number of likely N-dealkylation sites (tertiary alicyclic amines) is 1. The van der Waals surface area contributed by atoms with Gasteiger partial charge in [0, 0.05) is 50.4 Å². The molecule has 3 heterocycles. The maximum atomic E-state index is 13.3. The largest absolute Gasteiger partial charge is 0.391 e. The van der Waals surface area contributed by atoms with Crippen LogP contribution in [0.15, 0.2) is 36.8 Å². The molecule has 1 saturated heterocycles. The molecular formula is C19H20FN5O2. The second-order valence-corrected chi connectivity index (χ2v) is 6.87. The number of nitrogens with one attached hydrogen (secondary N) is 1. The summed E-state index contributed by atoms with van der Waals surface area (Å²) >= 11 is 0. The molecule has 27 heavy (non-hydrogen) atoms. The van der Waals surface area contributed by atoms with Crippen molar-refractivity contribution in [3.05, 3.63) is 54.1 Å². The van der Waals surface area contributed by atoms with E-state index in [1.807, 2.05) is 0 Å². The zero-order chi connectivity index (χ0) is 18.8. The van der Waals surface area contributed by atoms with Crippen LogP contribution in [-0.2, 0) is 17.6 Å². The predicted molar refractivity (Wildman–Crippen MR) is 96.2 cm³/mol. The molecule has 1 aliphatic rings. The van der Waals surface area contributed by atoms with Gasteiger partial charge in [-0.25, -0.2) is 9.37 Å². The molecule has 140 valence electrons. The molecule has 4 rings (SSSR count). The van der Waals surface area contributed by atoms with E-state index in [-0.39, 0.29) is 24.1 Å². The highest BCUT2D eigenvalue weighted by Gasteiger charge is 2.34. The van der Waals surface area contributed by atoms with Crippen LogP contribution in [0.3, 0.4) is 0 Å². The highest BCUT2D eigenvalue weighted by Crippen LogP contribution is 2.22. The lowest BCUT2D eigenvalue weighted by Crippen LogP contribution is -2.29. The Balaban J connectivity index is 1.34. The molecule has 0 saturated carbocycles. The number of aromatic nitrogens is 4. The summed E-state index contributed by atoms with van der Waals surface area (Å²) in [4.78, 5) is 29.9. The summed E-state index contributed by atoms with van der Waals surface area (Å²) in [6.45, 7) is 0.830. The molecule has 1 aromatic carbocycles. The summed E-state index contributed by atoms with van der Waals surface area (Å²) in [5.41, 5.74) is 2.11. The highest BCUT2D eigenvalue weighted by atomic mass is 19.1. The molecular weight excluding hydrogens is 349 g/mol. The predicted octanol–water partition coefficient (Wildman–Crippen LogP) is 1.49. The molecule has 0 aliphatic carbocycles. The van der Waals surface area contributed by atoms with E-state index in [4.69, 9.17) is 0 Å². The number of hydrogen-bond donors (Lipinski definition) is 2. The number of fused-ring (bicyclic) bond motifs is 1. The third-order valence-electron chi connectivity index (χ3n) is 4.92. The fraction of sp³-hybridized carbons (Fsp3) is 0.368. The first kappa shape index (κ1) is 17.5. The monoisotopic (exact) mass is 369 g/mol. The Labute approximate surface area is 155 Å². The minimum Gasteiger partial charge on any atom is -0.391 e. The van der Waals surface area contributed by atoms with E-state index in [9.17, 15) is 14.3 Å². The van der Waals surface area contributed by atoms with Crippen LogP contribution < -0.4 is 0 Å². The van der Waals surface area contributed by atoms with E-state index >= 15 is 0 Å². The Kier molecular flexibility index (Phi) is 4.81. The Morgan fingerprint density at radius 3 is 3.04 bits per heavy atom. The molecule has 2 atom stereocenters. The van der Waals surface area contributed by atoms with Crippen molar-refractivity contribution in [2.24, 2.45) is 5.92 Å². The fourth-order valence-electron chi connectivity index (χ4n) is 3.50. The SMILES string of the molecule is O=C(CCc1nc2ccc(F)cc2[nH]1)N1C[C@@H](Cc2cnccn2)[C@H](O)C1. The number of halogens is 1. The van der Waals surface area contributed by atoms with Gasteiger partial charge in [0.1, 0.15) is 11.6 Å². The first-order valence-electron chi connectivity index (χ1n) is 8.93. The van der Waals surface area contributed by atoms with Gasteiger partial charge in [-0.2, -0.15) is 0 Å². The van der Waals surface area contributed by atoms with E-state index in [1.54, 1.807) is 29.6 Å². The second kappa shape index (κ2) is 7.40. The van der Waals surface area contributed by atoms with Crippen LogP contribution in [0.1, 0.15) is 17.9 Å². The van der Waals surface area contributed by atoms with Gasteiger partial charge in [0.25, 0.3) is 0 Å². The summed E-state index contributed by atoms with van der Waals surface area (Å²) < 4.78 is 13.3. The number of imidazole rings is 1. The number of amides is 1. The number of aliphatic hydroxyl groups excluding tert-OH is 1. The number of aliphatic hydroxyl groups is 1.